The van der Waals surface area contributed by atoms with Crippen molar-refractivity contribution in [3.05, 3.63) is 12.7 Å². The summed E-state index contributed by atoms with van der Waals surface area (Å²) in [5.41, 5.74) is 0. The quantitative estimate of drug-likeness (QED) is 0.482. The van der Waals surface area contributed by atoms with Crippen LogP contribution in [-0.4, -0.2) is 24.9 Å². The van der Waals surface area contributed by atoms with Gasteiger partial charge in [-0.2, -0.15) is 0 Å². The maximum absolute atomic E-state index is 5.55. The Kier molecular flexibility index (Phi) is 3.37. The second-order valence-corrected chi connectivity index (χ2v) is 2.88. The van der Waals surface area contributed by atoms with Crippen LogP contribution in [0.2, 0.25) is 0 Å². The highest BCUT2D eigenvalue weighted by Crippen LogP contribution is 2.25. The van der Waals surface area contributed by atoms with Gasteiger partial charge in [0.15, 0.2) is 5.79 Å². The first-order valence-electron chi connectivity index (χ1n) is 3.80. The van der Waals surface area contributed by atoms with E-state index in [-0.39, 0.29) is 0 Å². The van der Waals surface area contributed by atoms with Crippen LogP contribution in [0, 0.1) is 0 Å². The van der Waals surface area contributed by atoms with Crippen LogP contribution in [0.4, 0.5) is 0 Å². The second-order valence-electron chi connectivity index (χ2n) is 2.51. The summed E-state index contributed by atoms with van der Waals surface area (Å²) in [6, 6.07) is 0. The lowest BCUT2D eigenvalue weighted by Gasteiger charge is -2.22. The molecule has 0 saturated carbocycles. The highest BCUT2D eigenvalue weighted by Gasteiger charge is 2.32. The first-order chi connectivity index (χ1) is 5.33. The Labute approximate surface area is 72.1 Å². The molecule has 0 N–H and O–H groups in total. The van der Waals surface area contributed by atoms with E-state index in [1.165, 1.54) is 0 Å². The fourth-order valence-electron chi connectivity index (χ4n) is 1.15. The van der Waals surface area contributed by atoms with E-state index in [0.717, 1.165) is 12.8 Å². The average Bonchev–Trinajstić information content (AvgIpc) is 2.50. The van der Waals surface area contributed by atoms with Gasteiger partial charge in [-0.1, -0.05) is 6.58 Å². The van der Waals surface area contributed by atoms with Crippen LogP contribution in [0.3, 0.4) is 0 Å². The largest absolute Gasteiger partial charge is 0.344 e. The number of rotatable bonds is 4. The highest BCUT2D eigenvalue weighted by atomic mass is 35.5. The van der Waals surface area contributed by atoms with Gasteiger partial charge in [0.1, 0.15) is 0 Å². The third-order valence-electron chi connectivity index (χ3n) is 1.75. The van der Waals surface area contributed by atoms with Crippen molar-refractivity contribution in [1.82, 2.24) is 0 Å². The van der Waals surface area contributed by atoms with Crippen molar-refractivity contribution in [3.8, 4) is 0 Å². The Hall–Kier alpha value is -0.0500. The Morgan fingerprint density at radius 3 is 2.55 bits per heavy atom. The zero-order chi connectivity index (χ0) is 8.16. The SMILES string of the molecule is C=CC1(CCCCl)OCCO1. The van der Waals surface area contributed by atoms with Gasteiger partial charge in [0, 0.05) is 12.3 Å². The summed E-state index contributed by atoms with van der Waals surface area (Å²) in [6.07, 6.45) is 3.42. The Morgan fingerprint density at radius 2 is 2.09 bits per heavy atom. The molecule has 3 heteroatoms. The highest BCUT2D eigenvalue weighted by molar-refractivity contribution is 6.17. The van der Waals surface area contributed by atoms with Crippen LogP contribution in [0.1, 0.15) is 12.8 Å². The Balaban J connectivity index is 2.39. The van der Waals surface area contributed by atoms with E-state index in [1.807, 2.05) is 0 Å². The van der Waals surface area contributed by atoms with Gasteiger partial charge < -0.3 is 9.47 Å². The summed E-state index contributed by atoms with van der Waals surface area (Å²) in [4.78, 5) is 0. The van der Waals surface area contributed by atoms with Crippen LogP contribution in [0.5, 0.6) is 0 Å². The standard InChI is InChI=1S/C8H13ClO2/c1-2-8(4-3-5-9)10-6-7-11-8/h2H,1,3-7H2. The van der Waals surface area contributed by atoms with Crippen LogP contribution in [0.15, 0.2) is 12.7 Å². The molecule has 1 saturated heterocycles. The van der Waals surface area contributed by atoms with E-state index < -0.39 is 5.79 Å². The molecule has 0 aromatic heterocycles. The maximum atomic E-state index is 5.55. The predicted molar refractivity (Wildman–Crippen MR) is 44.8 cm³/mol. The van der Waals surface area contributed by atoms with Crippen molar-refractivity contribution in [2.45, 2.75) is 18.6 Å². The van der Waals surface area contributed by atoms with Gasteiger partial charge in [-0.05, 0) is 12.5 Å². The third kappa shape index (κ3) is 2.19. The van der Waals surface area contributed by atoms with Crippen molar-refractivity contribution in [2.24, 2.45) is 0 Å². The minimum Gasteiger partial charge on any atom is -0.344 e. The van der Waals surface area contributed by atoms with Gasteiger partial charge in [-0.25, -0.2) is 0 Å². The predicted octanol–water partition coefficient (Wildman–Crippen LogP) is 1.93. The van der Waals surface area contributed by atoms with Crippen molar-refractivity contribution >= 4 is 11.6 Å². The molecule has 2 nitrogen and oxygen atoms in total. The molecule has 0 aliphatic carbocycles. The smallest absolute Gasteiger partial charge is 0.187 e. The Bertz CT molecular complexity index is 130. The summed E-state index contributed by atoms with van der Waals surface area (Å²) in [5.74, 6) is 0.108. The molecule has 11 heavy (non-hydrogen) atoms. The number of hydrogen-bond acceptors (Lipinski definition) is 2. The van der Waals surface area contributed by atoms with Crippen LogP contribution < -0.4 is 0 Å². The van der Waals surface area contributed by atoms with Gasteiger partial charge in [0.2, 0.25) is 0 Å². The molecule has 1 aliphatic rings. The van der Waals surface area contributed by atoms with E-state index in [2.05, 4.69) is 6.58 Å². The number of ether oxygens (including phenoxy) is 2. The number of halogens is 1. The molecule has 1 aliphatic heterocycles. The lowest BCUT2D eigenvalue weighted by molar-refractivity contribution is -0.121. The second kappa shape index (κ2) is 4.10. The first kappa shape index (κ1) is 9.04. The molecular formula is C8H13ClO2. The number of alkyl halides is 1. The zero-order valence-corrected chi connectivity index (χ0v) is 7.27. The molecular weight excluding hydrogens is 164 g/mol. The fourth-order valence-corrected chi connectivity index (χ4v) is 1.28. The van der Waals surface area contributed by atoms with Crippen molar-refractivity contribution in [2.75, 3.05) is 19.1 Å². The molecule has 0 amide bonds. The molecule has 0 bridgehead atoms. The van der Waals surface area contributed by atoms with Crippen LogP contribution in [-0.2, 0) is 9.47 Å². The summed E-state index contributed by atoms with van der Waals surface area (Å²) in [7, 11) is 0. The van der Waals surface area contributed by atoms with E-state index in [1.54, 1.807) is 6.08 Å². The molecule has 0 spiro atoms. The van der Waals surface area contributed by atoms with E-state index in [0.29, 0.717) is 19.1 Å². The van der Waals surface area contributed by atoms with E-state index >= 15 is 0 Å². The molecule has 0 radical (unpaired) electrons. The van der Waals surface area contributed by atoms with E-state index in [9.17, 15) is 0 Å². The van der Waals surface area contributed by atoms with Crippen LogP contribution in [0.25, 0.3) is 0 Å². The van der Waals surface area contributed by atoms with Gasteiger partial charge >= 0.3 is 0 Å². The molecule has 1 heterocycles. The van der Waals surface area contributed by atoms with Crippen molar-refractivity contribution < 1.29 is 9.47 Å². The monoisotopic (exact) mass is 176 g/mol. The van der Waals surface area contributed by atoms with E-state index in [4.69, 9.17) is 21.1 Å². The van der Waals surface area contributed by atoms with Gasteiger partial charge in [0.05, 0.1) is 13.2 Å². The van der Waals surface area contributed by atoms with Gasteiger partial charge in [-0.3, -0.25) is 0 Å². The van der Waals surface area contributed by atoms with Gasteiger partial charge in [0.25, 0.3) is 0 Å². The zero-order valence-electron chi connectivity index (χ0n) is 6.51. The minimum atomic E-state index is -0.533. The summed E-state index contributed by atoms with van der Waals surface area (Å²) in [6.45, 7) is 5.00. The van der Waals surface area contributed by atoms with Gasteiger partial charge in [-0.15, -0.1) is 11.6 Å². The molecule has 0 unspecified atom stereocenters. The molecule has 0 aromatic rings. The van der Waals surface area contributed by atoms with Crippen LogP contribution >= 0.6 is 11.6 Å². The third-order valence-corrected chi connectivity index (χ3v) is 2.01. The fraction of sp³-hybridized carbons (Fsp3) is 0.750. The Morgan fingerprint density at radius 1 is 1.45 bits per heavy atom. The van der Waals surface area contributed by atoms with Crippen molar-refractivity contribution in [3.63, 3.8) is 0 Å². The molecule has 1 fully saturated rings. The average molecular weight is 177 g/mol. The maximum Gasteiger partial charge on any atom is 0.187 e. The molecule has 0 atom stereocenters. The lowest BCUT2D eigenvalue weighted by atomic mass is 10.1. The normalized spacial score (nSPS) is 21.9. The molecule has 0 aromatic carbocycles. The minimum absolute atomic E-state index is 0.533. The topological polar surface area (TPSA) is 18.5 Å². The molecule has 64 valence electrons. The lowest BCUT2D eigenvalue weighted by Crippen LogP contribution is -2.26. The molecule has 1 rings (SSSR count). The van der Waals surface area contributed by atoms with Crippen molar-refractivity contribution in [1.29, 1.82) is 0 Å². The number of hydrogen-bond donors (Lipinski definition) is 0. The first-order valence-corrected chi connectivity index (χ1v) is 4.34. The summed E-state index contributed by atoms with van der Waals surface area (Å²) >= 11 is 5.55. The summed E-state index contributed by atoms with van der Waals surface area (Å²) in [5, 5.41) is 0. The summed E-state index contributed by atoms with van der Waals surface area (Å²) < 4.78 is 10.8.